The van der Waals surface area contributed by atoms with Gasteiger partial charge in [0.1, 0.15) is 6.04 Å². The third kappa shape index (κ3) is 3.44. The van der Waals surface area contributed by atoms with Crippen LogP contribution >= 0.6 is 12.6 Å². The third-order valence-electron chi connectivity index (χ3n) is 4.12. The monoisotopic (exact) mass is 354 g/mol. The van der Waals surface area contributed by atoms with Crippen LogP contribution in [0.25, 0.3) is 0 Å². The molecule has 0 fully saturated rings. The first-order valence-corrected chi connectivity index (χ1v) is 8.66. The van der Waals surface area contributed by atoms with Gasteiger partial charge in [-0.15, -0.1) is 0 Å². The van der Waals surface area contributed by atoms with Gasteiger partial charge in [-0.3, -0.25) is 19.3 Å². The largest absolute Gasteiger partial charge is 0.353 e. The van der Waals surface area contributed by atoms with Gasteiger partial charge in [0.2, 0.25) is 5.91 Å². The van der Waals surface area contributed by atoms with Gasteiger partial charge < -0.3 is 5.32 Å². The number of amides is 3. The SMILES string of the molecule is O=C(NCCS)C(Cc1ccccc1)N1C(=O)c2ccccc2C1=O. The van der Waals surface area contributed by atoms with Crippen molar-refractivity contribution in [2.24, 2.45) is 0 Å². The predicted molar refractivity (Wildman–Crippen MR) is 97.7 cm³/mol. The Bertz CT molecular complexity index is 772. The van der Waals surface area contributed by atoms with Gasteiger partial charge in [0.15, 0.2) is 0 Å². The van der Waals surface area contributed by atoms with Crippen LogP contribution in [0.2, 0.25) is 0 Å². The lowest BCUT2D eigenvalue weighted by atomic mass is 10.0. The summed E-state index contributed by atoms with van der Waals surface area (Å²) in [6.45, 7) is 0.371. The molecule has 3 rings (SSSR count). The minimum atomic E-state index is -0.894. The maximum absolute atomic E-state index is 12.7. The Morgan fingerprint density at radius 3 is 2.08 bits per heavy atom. The van der Waals surface area contributed by atoms with E-state index in [1.54, 1.807) is 24.3 Å². The standard InChI is InChI=1S/C19H18N2O3S/c22-17(20-10-11-25)16(12-13-6-2-1-3-7-13)21-18(23)14-8-4-5-9-15(14)19(21)24/h1-9,16,25H,10-12H2,(H,20,22). The number of nitrogens with zero attached hydrogens (tertiary/aromatic N) is 1. The fourth-order valence-corrected chi connectivity index (χ4v) is 3.04. The van der Waals surface area contributed by atoms with Crippen LogP contribution in [0.5, 0.6) is 0 Å². The van der Waals surface area contributed by atoms with E-state index in [1.807, 2.05) is 30.3 Å². The van der Waals surface area contributed by atoms with E-state index in [2.05, 4.69) is 17.9 Å². The van der Waals surface area contributed by atoms with E-state index in [-0.39, 0.29) is 12.3 Å². The minimum Gasteiger partial charge on any atom is -0.353 e. The number of carbonyl (C=O) groups excluding carboxylic acids is 3. The molecule has 128 valence electrons. The summed E-state index contributed by atoms with van der Waals surface area (Å²) in [7, 11) is 0. The minimum absolute atomic E-state index is 0.269. The molecule has 0 aliphatic carbocycles. The summed E-state index contributed by atoms with van der Waals surface area (Å²) in [6.07, 6.45) is 0.269. The molecule has 0 saturated heterocycles. The van der Waals surface area contributed by atoms with Crippen LogP contribution in [0.15, 0.2) is 54.6 Å². The van der Waals surface area contributed by atoms with Crippen molar-refractivity contribution in [3.05, 3.63) is 71.3 Å². The van der Waals surface area contributed by atoms with Crippen LogP contribution in [-0.4, -0.2) is 41.0 Å². The fourth-order valence-electron chi connectivity index (χ4n) is 2.93. The van der Waals surface area contributed by atoms with Crippen LogP contribution in [0, 0.1) is 0 Å². The molecule has 0 spiro atoms. The Hall–Kier alpha value is -2.60. The molecule has 25 heavy (non-hydrogen) atoms. The van der Waals surface area contributed by atoms with Gasteiger partial charge in [-0.25, -0.2) is 0 Å². The molecule has 0 radical (unpaired) electrons. The third-order valence-corrected chi connectivity index (χ3v) is 4.35. The Morgan fingerprint density at radius 1 is 0.960 bits per heavy atom. The van der Waals surface area contributed by atoms with E-state index in [9.17, 15) is 14.4 Å². The van der Waals surface area contributed by atoms with Crippen molar-refractivity contribution >= 4 is 30.4 Å². The summed E-state index contributed by atoms with van der Waals surface area (Å²) >= 11 is 4.09. The van der Waals surface area contributed by atoms with Crippen molar-refractivity contribution < 1.29 is 14.4 Å². The van der Waals surface area contributed by atoms with Crippen LogP contribution in [0.1, 0.15) is 26.3 Å². The molecule has 1 atom stereocenters. The van der Waals surface area contributed by atoms with E-state index in [0.717, 1.165) is 10.5 Å². The molecule has 1 aliphatic rings. The summed E-state index contributed by atoms with van der Waals surface area (Å²) in [6, 6.07) is 15.1. The van der Waals surface area contributed by atoms with E-state index in [4.69, 9.17) is 0 Å². The molecule has 1 unspecified atom stereocenters. The van der Waals surface area contributed by atoms with Gasteiger partial charge in [-0.1, -0.05) is 42.5 Å². The van der Waals surface area contributed by atoms with Crippen LogP contribution in [-0.2, 0) is 11.2 Å². The molecular weight excluding hydrogens is 336 g/mol. The first kappa shape index (κ1) is 17.2. The number of rotatable bonds is 6. The summed E-state index contributed by atoms with van der Waals surface area (Å²) in [4.78, 5) is 39.2. The van der Waals surface area contributed by atoms with Gasteiger partial charge >= 0.3 is 0 Å². The van der Waals surface area contributed by atoms with Crippen molar-refractivity contribution in [3.63, 3.8) is 0 Å². The van der Waals surface area contributed by atoms with E-state index >= 15 is 0 Å². The average Bonchev–Trinajstić information content (AvgIpc) is 2.90. The number of imide groups is 1. The molecule has 6 heteroatoms. The molecule has 2 aromatic rings. The highest BCUT2D eigenvalue weighted by Gasteiger charge is 2.42. The van der Waals surface area contributed by atoms with Gasteiger partial charge in [0.05, 0.1) is 11.1 Å². The molecule has 2 aromatic carbocycles. The van der Waals surface area contributed by atoms with E-state index in [0.29, 0.717) is 23.4 Å². The van der Waals surface area contributed by atoms with E-state index < -0.39 is 17.9 Å². The average molecular weight is 354 g/mol. The number of thiol groups is 1. The Kier molecular flexibility index (Phi) is 5.19. The van der Waals surface area contributed by atoms with Gasteiger partial charge in [-0.05, 0) is 17.7 Å². The summed E-state index contributed by atoms with van der Waals surface area (Å²) in [5.41, 5.74) is 1.56. The zero-order chi connectivity index (χ0) is 17.8. The first-order chi connectivity index (χ1) is 12.1. The van der Waals surface area contributed by atoms with Crippen molar-refractivity contribution in [1.29, 1.82) is 0 Å². The molecule has 1 aliphatic heterocycles. The maximum atomic E-state index is 12.7. The van der Waals surface area contributed by atoms with Crippen LogP contribution in [0.4, 0.5) is 0 Å². The second kappa shape index (κ2) is 7.53. The summed E-state index contributed by atoms with van der Waals surface area (Å²) < 4.78 is 0. The van der Waals surface area contributed by atoms with E-state index in [1.165, 1.54) is 0 Å². The number of benzene rings is 2. The second-order valence-corrected chi connectivity index (χ2v) is 6.19. The number of hydrogen-bond donors (Lipinski definition) is 2. The molecule has 0 bridgehead atoms. The second-order valence-electron chi connectivity index (χ2n) is 5.75. The predicted octanol–water partition coefficient (Wildman–Crippen LogP) is 1.94. The number of carbonyl (C=O) groups is 3. The Balaban J connectivity index is 1.93. The molecular formula is C19H18N2O3S. The molecule has 5 nitrogen and oxygen atoms in total. The van der Waals surface area contributed by atoms with Crippen LogP contribution in [0.3, 0.4) is 0 Å². The molecule has 1 heterocycles. The topological polar surface area (TPSA) is 66.5 Å². The van der Waals surface area contributed by atoms with Crippen molar-refractivity contribution in [2.45, 2.75) is 12.5 Å². The highest BCUT2D eigenvalue weighted by molar-refractivity contribution is 7.80. The smallest absolute Gasteiger partial charge is 0.262 e. The lowest BCUT2D eigenvalue weighted by Crippen LogP contribution is -2.51. The number of hydrogen-bond acceptors (Lipinski definition) is 4. The molecule has 0 saturated carbocycles. The maximum Gasteiger partial charge on any atom is 0.262 e. The van der Waals surface area contributed by atoms with Gasteiger partial charge in [0, 0.05) is 18.7 Å². The van der Waals surface area contributed by atoms with Crippen LogP contribution < -0.4 is 5.32 Å². The van der Waals surface area contributed by atoms with Crippen molar-refractivity contribution in [2.75, 3.05) is 12.3 Å². The van der Waals surface area contributed by atoms with Gasteiger partial charge in [-0.2, -0.15) is 12.6 Å². The zero-order valence-electron chi connectivity index (χ0n) is 13.5. The lowest BCUT2D eigenvalue weighted by Gasteiger charge is -2.25. The number of fused-ring (bicyclic) bond motifs is 1. The highest BCUT2D eigenvalue weighted by Crippen LogP contribution is 2.26. The summed E-state index contributed by atoms with van der Waals surface area (Å²) in [5.74, 6) is -0.733. The fraction of sp³-hybridized carbons (Fsp3) is 0.211. The first-order valence-electron chi connectivity index (χ1n) is 8.03. The molecule has 0 aromatic heterocycles. The lowest BCUT2D eigenvalue weighted by molar-refractivity contribution is -0.124. The quantitative estimate of drug-likeness (QED) is 0.615. The Morgan fingerprint density at radius 2 is 1.52 bits per heavy atom. The van der Waals surface area contributed by atoms with Crippen molar-refractivity contribution in [3.8, 4) is 0 Å². The highest BCUT2D eigenvalue weighted by atomic mass is 32.1. The summed E-state index contributed by atoms with van der Waals surface area (Å²) in [5, 5.41) is 2.74. The Labute approximate surface area is 151 Å². The molecule has 1 N–H and O–H groups in total. The normalized spacial score (nSPS) is 14.4. The zero-order valence-corrected chi connectivity index (χ0v) is 14.4. The van der Waals surface area contributed by atoms with Crippen molar-refractivity contribution in [1.82, 2.24) is 10.2 Å². The number of nitrogens with one attached hydrogen (secondary N) is 1. The molecule has 3 amide bonds. The van der Waals surface area contributed by atoms with Gasteiger partial charge in [0.25, 0.3) is 11.8 Å².